The molecule has 2 amide bonds. The molecule has 5 heteroatoms. The number of hydrogen-bond acceptors (Lipinski definition) is 3. The lowest BCUT2D eigenvalue weighted by atomic mass is 10.0. The number of aryl methyl sites for hydroxylation is 1. The molecule has 0 radical (unpaired) electrons. The minimum atomic E-state index is -0.227. The lowest BCUT2D eigenvalue weighted by Gasteiger charge is -2.26. The van der Waals surface area contributed by atoms with Gasteiger partial charge in [0.05, 0.1) is 11.6 Å². The summed E-state index contributed by atoms with van der Waals surface area (Å²) < 4.78 is 0. The summed E-state index contributed by atoms with van der Waals surface area (Å²) in [6, 6.07) is 14.0. The molecule has 1 aliphatic rings. The van der Waals surface area contributed by atoms with Crippen LogP contribution >= 0.6 is 0 Å². The summed E-state index contributed by atoms with van der Waals surface area (Å²) >= 11 is 0. The first-order valence-electron chi connectivity index (χ1n) is 7.29. The van der Waals surface area contributed by atoms with Crippen LogP contribution in [0.1, 0.15) is 27.9 Å². The van der Waals surface area contributed by atoms with Crippen LogP contribution in [0.15, 0.2) is 42.5 Å². The van der Waals surface area contributed by atoms with Crippen molar-refractivity contribution >= 4 is 23.2 Å². The number of nitrogens with zero attached hydrogens (tertiary/aromatic N) is 2. The first-order chi connectivity index (χ1) is 11.1. The Morgan fingerprint density at radius 2 is 1.91 bits per heavy atom. The van der Waals surface area contributed by atoms with Gasteiger partial charge >= 0.3 is 0 Å². The Labute approximate surface area is 134 Å². The maximum absolute atomic E-state index is 12.2. The van der Waals surface area contributed by atoms with E-state index in [4.69, 9.17) is 5.26 Å². The molecule has 1 N–H and O–H groups in total. The minimum Gasteiger partial charge on any atom is -0.322 e. The largest absolute Gasteiger partial charge is 0.322 e. The summed E-state index contributed by atoms with van der Waals surface area (Å²) in [5.41, 5.74) is 3.64. The molecule has 1 aliphatic heterocycles. The van der Waals surface area contributed by atoms with E-state index >= 15 is 0 Å². The molecule has 0 unspecified atom stereocenters. The number of carbonyl (C=O) groups is 2. The summed E-state index contributed by atoms with van der Waals surface area (Å²) in [6.07, 6.45) is 1.16. The molecule has 0 bridgehead atoms. The van der Waals surface area contributed by atoms with Crippen LogP contribution in [0.5, 0.6) is 0 Å². The molecule has 0 aromatic heterocycles. The van der Waals surface area contributed by atoms with Crippen molar-refractivity contribution in [2.75, 3.05) is 17.3 Å². The van der Waals surface area contributed by atoms with Gasteiger partial charge in [0, 0.05) is 30.4 Å². The Kier molecular flexibility index (Phi) is 3.82. The molecular weight excluding hydrogens is 290 g/mol. The molecule has 0 saturated carbocycles. The van der Waals surface area contributed by atoms with Gasteiger partial charge < -0.3 is 10.2 Å². The topological polar surface area (TPSA) is 73.2 Å². The highest BCUT2D eigenvalue weighted by atomic mass is 16.2. The summed E-state index contributed by atoms with van der Waals surface area (Å²) in [7, 11) is 1.76. The number of amides is 2. The zero-order valence-electron chi connectivity index (χ0n) is 12.7. The molecule has 0 aliphatic carbocycles. The Morgan fingerprint density at radius 1 is 1.17 bits per heavy atom. The fraction of sp³-hybridized carbons (Fsp3) is 0.167. The number of rotatable bonds is 2. The fourth-order valence-corrected chi connectivity index (χ4v) is 2.63. The molecule has 0 fully saturated rings. The lowest BCUT2D eigenvalue weighted by Crippen LogP contribution is -2.31. The summed E-state index contributed by atoms with van der Waals surface area (Å²) in [6.45, 7) is 0. The van der Waals surface area contributed by atoms with Gasteiger partial charge in [-0.1, -0.05) is 0 Å². The average molecular weight is 305 g/mol. The van der Waals surface area contributed by atoms with E-state index in [1.165, 1.54) is 0 Å². The van der Waals surface area contributed by atoms with Gasteiger partial charge in [-0.25, -0.2) is 0 Å². The molecule has 114 valence electrons. The van der Waals surface area contributed by atoms with Crippen molar-refractivity contribution < 1.29 is 9.59 Å². The van der Waals surface area contributed by atoms with Crippen LogP contribution in [0, 0.1) is 11.3 Å². The van der Waals surface area contributed by atoms with Crippen molar-refractivity contribution in [1.29, 1.82) is 5.26 Å². The SMILES string of the molecule is CN1C(=O)CCc2cc(NC(=O)c3ccc(C#N)cc3)ccc21. The summed E-state index contributed by atoms with van der Waals surface area (Å²) in [5.74, 6) is -0.124. The quantitative estimate of drug-likeness (QED) is 0.927. The predicted octanol–water partition coefficient (Wildman–Crippen LogP) is 2.72. The van der Waals surface area contributed by atoms with Crippen LogP contribution in [0.25, 0.3) is 0 Å². The molecule has 0 saturated heterocycles. The van der Waals surface area contributed by atoms with E-state index in [9.17, 15) is 9.59 Å². The maximum atomic E-state index is 12.2. The highest BCUT2D eigenvalue weighted by Gasteiger charge is 2.21. The Hall–Kier alpha value is -3.13. The third-order valence-corrected chi connectivity index (χ3v) is 3.96. The molecule has 0 atom stereocenters. The summed E-state index contributed by atoms with van der Waals surface area (Å²) in [5, 5.41) is 11.6. The minimum absolute atomic E-state index is 0.104. The van der Waals surface area contributed by atoms with E-state index in [1.807, 2.05) is 18.2 Å². The van der Waals surface area contributed by atoms with Gasteiger partial charge in [0.2, 0.25) is 5.91 Å². The van der Waals surface area contributed by atoms with Crippen molar-refractivity contribution in [2.24, 2.45) is 0 Å². The Morgan fingerprint density at radius 3 is 2.61 bits per heavy atom. The first kappa shape index (κ1) is 14.8. The van der Waals surface area contributed by atoms with Crippen molar-refractivity contribution in [3.05, 3.63) is 59.2 Å². The van der Waals surface area contributed by atoms with Crippen LogP contribution in [0.4, 0.5) is 11.4 Å². The summed E-state index contributed by atoms with van der Waals surface area (Å²) in [4.78, 5) is 25.6. The van der Waals surface area contributed by atoms with E-state index in [0.717, 1.165) is 11.3 Å². The fourth-order valence-electron chi connectivity index (χ4n) is 2.63. The highest BCUT2D eigenvalue weighted by molar-refractivity contribution is 6.04. The van der Waals surface area contributed by atoms with E-state index in [-0.39, 0.29) is 11.8 Å². The molecule has 1 heterocycles. The zero-order chi connectivity index (χ0) is 16.4. The monoisotopic (exact) mass is 305 g/mol. The van der Waals surface area contributed by atoms with Crippen molar-refractivity contribution in [1.82, 2.24) is 0 Å². The molecule has 23 heavy (non-hydrogen) atoms. The molecule has 5 nitrogen and oxygen atoms in total. The number of nitriles is 1. The van der Waals surface area contributed by atoms with Gasteiger partial charge in [0.25, 0.3) is 5.91 Å². The highest BCUT2D eigenvalue weighted by Crippen LogP contribution is 2.29. The predicted molar refractivity (Wildman–Crippen MR) is 87.3 cm³/mol. The number of carbonyl (C=O) groups excluding carboxylic acids is 2. The van der Waals surface area contributed by atoms with E-state index in [2.05, 4.69) is 5.32 Å². The second-order valence-electron chi connectivity index (χ2n) is 5.44. The van der Waals surface area contributed by atoms with Gasteiger partial charge in [-0.2, -0.15) is 5.26 Å². The first-order valence-corrected chi connectivity index (χ1v) is 7.29. The molecule has 3 rings (SSSR count). The van der Waals surface area contributed by atoms with Crippen LogP contribution in [-0.2, 0) is 11.2 Å². The van der Waals surface area contributed by atoms with Gasteiger partial charge in [0.15, 0.2) is 0 Å². The normalized spacial score (nSPS) is 13.2. The molecular formula is C18H15N3O2. The van der Waals surface area contributed by atoms with Crippen LogP contribution < -0.4 is 10.2 Å². The number of benzene rings is 2. The maximum Gasteiger partial charge on any atom is 0.255 e. The second kappa shape index (κ2) is 5.93. The molecule has 0 spiro atoms. The van der Waals surface area contributed by atoms with Gasteiger partial charge in [-0.15, -0.1) is 0 Å². The van der Waals surface area contributed by atoms with E-state index in [1.54, 1.807) is 42.3 Å². The second-order valence-corrected chi connectivity index (χ2v) is 5.44. The van der Waals surface area contributed by atoms with Crippen LogP contribution in [-0.4, -0.2) is 18.9 Å². The van der Waals surface area contributed by atoms with Gasteiger partial charge in [-0.05, 0) is 54.4 Å². The standard InChI is InChI=1S/C18H15N3O2/c1-21-16-8-7-15(10-14(16)6-9-17(21)22)20-18(23)13-4-2-12(11-19)3-5-13/h2-5,7-8,10H,6,9H2,1H3,(H,20,23). The number of nitrogens with one attached hydrogen (secondary N) is 1. The number of fused-ring (bicyclic) bond motifs is 1. The van der Waals surface area contributed by atoms with Crippen molar-refractivity contribution in [2.45, 2.75) is 12.8 Å². The van der Waals surface area contributed by atoms with Crippen LogP contribution in [0.3, 0.4) is 0 Å². The number of hydrogen-bond donors (Lipinski definition) is 1. The zero-order valence-corrected chi connectivity index (χ0v) is 12.7. The Bertz CT molecular complexity index is 819. The Balaban J connectivity index is 1.79. The van der Waals surface area contributed by atoms with Gasteiger partial charge in [0.1, 0.15) is 0 Å². The number of anilines is 2. The third kappa shape index (κ3) is 2.92. The lowest BCUT2D eigenvalue weighted by molar-refractivity contribution is -0.118. The smallest absolute Gasteiger partial charge is 0.255 e. The average Bonchev–Trinajstić information content (AvgIpc) is 2.58. The van der Waals surface area contributed by atoms with Crippen molar-refractivity contribution in [3.63, 3.8) is 0 Å². The molecule has 2 aromatic carbocycles. The van der Waals surface area contributed by atoms with Gasteiger partial charge in [-0.3, -0.25) is 9.59 Å². The van der Waals surface area contributed by atoms with Crippen molar-refractivity contribution in [3.8, 4) is 6.07 Å². The van der Waals surface area contributed by atoms with E-state index < -0.39 is 0 Å². The molecule has 2 aromatic rings. The van der Waals surface area contributed by atoms with Crippen LogP contribution in [0.2, 0.25) is 0 Å². The third-order valence-electron chi connectivity index (χ3n) is 3.96. The van der Waals surface area contributed by atoms with E-state index in [0.29, 0.717) is 29.7 Å².